The summed E-state index contributed by atoms with van der Waals surface area (Å²) in [4.78, 5) is 0. The Bertz CT molecular complexity index is 440. The van der Waals surface area contributed by atoms with Crippen molar-refractivity contribution in [3.63, 3.8) is 0 Å². The Morgan fingerprint density at radius 3 is 2.62 bits per heavy atom. The molecule has 0 aliphatic heterocycles. The first-order valence-electron chi connectivity index (χ1n) is 5.08. The molecule has 0 unspecified atom stereocenters. The van der Waals surface area contributed by atoms with E-state index >= 15 is 0 Å². The molecule has 1 rings (SSSR count). The summed E-state index contributed by atoms with van der Waals surface area (Å²) in [5.74, 6) is 0.352. The number of benzene rings is 1. The molecule has 90 valence electrons. The summed E-state index contributed by atoms with van der Waals surface area (Å²) in [6, 6.07) is 7.43. The van der Waals surface area contributed by atoms with E-state index in [9.17, 15) is 8.42 Å². The Hall–Kier alpha value is -1.07. The second-order valence-corrected chi connectivity index (χ2v) is 5.55. The number of hydrogen-bond donors (Lipinski definition) is 1. The first-order chi connectivity index (χ1) is 7.37. The van der Waals surface area contributed by atoms with E-state index in [0.29, 0.717) is 18.3 Å². The van der Waals surface area contributed by atoms with Crippen molar-refractivity contribution in [2.45, 2.75) is 26.4 Å². The topological polar surface area (TPSA) is 55.4 Å². The van der Waals surface area contributed by atoms with Crippen LogP contribution in [0.25, 0.3) is 0 Å². The Morgan fingerprint density at radius 2 is 2.06 bits per heavy atom. The van der Waals surface area contributed by atoms with Crippen molar-refractivity contribution >= 4 is 10.1 Å². The van der Waals surface area contributed by atoms with Crippen LogP contribution in [0.4, 0.5) is 0 Å². The predicted octanol–water partition coefficient (Wildman–Crippen LogP) is 1.52. The van der Waals surface area contributed by atoms with Crippen LogP contribution in [0.3, 0.4) is 0 Å². The summed E-state index contributed by atoms with van der Waals surface area (Å²) in [6.45, 7) is 4.80. The summed E-state index contributed by atoms with van der Waals surface area (Å²) in [5, 5.41) is 3.25. The van der Waals surface area contributed by atoms with Gasteiger partial charge < -0.3 is 9.50 Å². The van der Waals surface area contributed by atoms with Crippen molar-refractivity contribution < 1.29 is 12.6 Å². The molecule has 0 aliphatic carbocycles. The van der Waals surface area contributed by atoms with Gasteiger partial charge in [0.05, 0.1) is 6.26 Å². The summed E-state index contributed by atoms with van der Waals surface area (Å²) >= 11 is 0. The monoisotopic (exact) mass is 243 g/mol. The Kier molecular flexibility index (Phi) is 4.32. The van der Waals surface area contributed by atoms with Crippen LogP contribution in [-0.2, 0) is 16.7 Å². The van der Waals surface area contributed by atoms with Gasteiger partial charge in [0.25, 0.3) is 0 Å². The maximum atomic E-state index is 10.9. The molecule has 0 radical (unpaired) electrons. The zero-order chi connectivity index (χ0) is 12.2. The minimum absolute atomic E-state index is 0.352. The molecular formula is C11H17NO3S. The lowest BCUT2D eigenvalue weighted by Gasteiger charge is -2.09. The average Bonchev–Trinajstić information content (AvgIpc) is 2.12. The zero-order valence-corrected chi connectivity index (χ0v) is 10.5. The fourth-order valence-electron chi connectivity index (χ4n) is 1.20. The third-order valence-electron chi connectivity index (χ3n) is 1.86. The fourth-order valence-corrected chi connectivity index (χ4v) is 1.66. The van der Waals surface area contributed by atoms with E-state index in [0.717, 1.165) is 11.8 Å². The fraction of sp³-hybridized carbons (Fsp3) is 0.455. The van der Waals surface area contributed by atoms with Crippen molar-refractivity contribution in [3.8, 4) is 5.75 Å². The molecule has 0 atom stereocenters. The van der Waals surface area contributed by atoms with Crippen molar-refractivity contribution in [2.24, 2.45) is 0 Å². The van der Waals surface area contributed by atoms with Crippen LogP contribution in [0.1, 0.15) is 19.4 Å². The van der Waals surface area contributed by atoms with Crippen molar-refractivity contribution in [3.05, 3.63) is 29.8 Å². The zero-order valence-electron chi connectivity index (χ0n) is 9.73. The molecular weight excluding hydrogens is 226 g/mol. The molecule has 1 aromatic rings. The highest BCUT2D eigenvalue weighted by Crippen LogP contribution is 2.14. The number of hydrogen-bond acceptors (Lipinski definition) is 4. The molecule has 0 fully saturated rings. The third kappa shape index (κ3) is 5.14. The van der Waals surface area contributed by atoms with Crippen LogP contribution in [-0.4, -0.2) is 20.7 Å². The van der Waals surface area contributed by atoms with Crippen LogP contribution < -0.4 is 9.50 Å². The maximum absolute atomic E-state index is 10.9. The van der Waals surface area contributed by atoms with Crippen LogP contribution in [0.15, 0.2) is 24.3 Å². The van der Waals surface area contributed by atoms with E-state index in [2.05, 4.69) is 19.2 Å². The molecule has 5 heteroatoms. The lowest BCUT2D eigenvalue weighted by atomic mass is 10.2. The van der Waals surface area contributed by atoms with Gasteiger partial charge in [0.15, 0.2) is 0 Å². The molecule has 0 aromatic heterocycles. The maximum Gasteiger partial charge on any atom is 0.306 e. The van der Waals surface area contributed by atoms with Gasteiger partial charge in [-0.05, 0) is 17.7 Å². The van der Waals surface area contributed by atoms with Gasteiger partial charge in [0, 0.05) is 12.6 Å². The van der Waals surface area contributed by atoms with E-state index in [1.54, 1.807) is 18.2 Å². The molecule has 0 amide bonds. The number of nitrogens with one attached hydrogen (secondary N) is 1. The van der Waals surface area contributed by atoms with E-state index in [1.807, 2.05) is 6.07 Å². The molecule has 0 heterocycles. The van der Waals surface area contributed by atoms with Crippen molar-refractivity contribution in [1.29, 1.82) is 0 Å². The Labute approximate surface area is 96.8 Å². The largest absolute Gasteiger partial charge is 0.383 e. The first kappa shape index (κ1) is 13.0. The van der Waals surface area contributed by atoms with E-state index in [1.165, 1.54) is 0 Å². The van der Waals surface area contributed by atoms with Crippen LogP contribution >= 0.6 is 0 Å². The summed E-state index contributed by atoms with van der Waals surface area (Å²) < 4.78 is 26.7. The van der Waals surface area contributed by atoms with Gasteiger partial charge in [-0.25, -0.2) is 0 Å². The Balaban J connectivity index is 2.71. The predicted molar refractivity (Wildman–Crippen MR) is 63.9 cm³/mol. The standard InChI is InChI=1S/C11H17NO3S/c1-9(2)12-8-10-5-4-6-11(7-10)15-16(3,13)14/h4-7,9,12H,8H2,1-3H3. The van der Waals surface area contributed by atoms with Gasteiger partial charge in [-0.3, -0.25) is 0 Å². The molecule has 0 saturated carbocycles. The molecule has 0 saturated heterocycles. The van der Waals surface area contributed by atoms with Gasteiger partial charge in [-0.15, -0.1) is 0 Å². The SMILES string of the molecule is CC(C)NCc1cccc(OS(C)(=O)=O)c1. The number of rotatable bonds is 5. The minimum atomic E-state index is -3.45. The van der Waals surface area contributed by atoms with Crippen molar-refractivity contribution in [1.82, 2.24) is 5.32 Å². The quantitative estimate of drug-likeness (QED) is 0.797. The summed E-state index contributed by atoms with van der Waals surface area (Å²) in [6.07, 6.45) is 1.03. The van der Waals surface area contributed by atoms with E-state index < -0.39 is 10.1 Å². The van der Waals surface area contributed by atoms with E-state index in [4.69, 9.17) is 4.18 Å². The minimum Gasteiger partial charge on any atom is -0.383 e. The van der Waals surface area contributed by atoms with Gasteiger partial charge in [0.1, 0.15) is 5.75 Å². The summed E-state index contributed by atoms with van der Waals surface area (Å²) in [7, 11) is -3.45. The van der Waals surface area contributed by atoms with Gasteiger partial charge >= 0.3 is 10.1 Å². The molecule has 4 nitrogen and oxygen atoms in total. The van der Waals surface area contributed by atoms with Gasteiger partial charge in [-0.2, -0.15) is 8.42 Å². The second kappa shape index (κ2) is 5.32. The van der Waals surface area contributed by atoms with Gasteiger partial charge in [-0.1, -0.05) is 26.0 Å². The molecule has 16 heavy (non-hydrogen) atoms. The average molecular weight is 243 g/mol. The molecule has 0 bridgehead atoms. The molecule has 1 N–H and O–H groups in total. The van der Waals surface area contributed by atoms with Crippen LogP contribution in [0.2, 0.25) is 0 Å². The summed E-state index contributed by atoms with van der Waals surface area (Å²) in [5.41, 5.74) is 0.995. The normalized spacial score (nSPS) is 11.8. The third-order valence-corrected chi connectivity index (χ3v) is 2.36. The van der Waals surface area contributed by atoms with Crippen LogP contribution in [0, 0.1) is 0 Å². The lowest BCUT2D eigenvalue weighted by molar-refractivity contribution is 0.492. The van der Waals surface area contributed by atoms with Gasteiger partial charge in [0.2, 0.25) is 0 Å². The highest BCUT2D eigenvalue weighted by Gasteiger charge is 2.04. The van der Waals surface area contributed by atoms with Crippen molar-refractivity contribution in [2.75, 3.05) is 6.26 Å². The smallest absolute Gasteiger partial charge is 0.306 e. The molecule has 1 aromatic carbocycles. The highest BCUT2D eigenvalue weighted by molar-refractivity contribution is 7.86. The molecule has 0 spiro atoms. The van der Waals surface area contributed by atoms with Crippen LogP contribution in [0.5, 0.6) is 5.75 Å². The second-order valence-electron chi connectivity index (χ2n) is 3.97. The van der Waals surface area contributed by atoms with E-state index in [-0.39, 0.29) is 0 Å². The lowest BCUT2D eigenvalue weighted by Crippen LogP contribution is -2.21. The molecule has 0 aliphatic rings. The Morgan fingerprint density at radius 1 is 1.38 bits per heavy atom. The first-order valence-corrected chi connectivity index (χ1v) is 6.90. The highest BCUT2D eigenvalue weighted by atomic mass is 32.2.